The minimum absolute atomic E-state index is 0.0159. The zero-order chi connectivity index (χ0) is 23.6. The molecule has 34 heavy (non-hydrogen) atoms. The van der Waals surface area contributed by atoms with Crippen LogP contribution in [0, 0.1) is 18.8 Å². The molecule has 0 radical (unpaired) electrons. The predicted octanol–water partition coefficient (Wildman–Crippen LogP) is 3.48. The number of carbonyl (C=O) groups is 1. The molecule has 180 valence electrons. The van der Waals surface area contributed by atoms with Crippen LogP contribution in [0.2, 0.25) is 0 Å². The normalized spacial score (nSPS) is 28.9. The van der Waals surface area contributed by atoms with E-state index < -0.39 is 11.4 Å². The maximum Gasteiger partial charge on any atom is 0.340 e. The zero-order valence-electron chi connectivity index (χ0n) is 19.6. The second kappa shape index (κ2) is 8.15. The molecule has 0 unspecified atom stereocenters. The number of aromatic hydroxyl groups is 2. The number of benzene rings is 1. The van der Waals surface area contributed by atoms with Gasteiger partial charge in [-0.2, -0.15) is 0 Å². The molecule has 1 aromatic heterocycles. The molecule has 1 aromatic carbocycles. The van der Waals surface area contributed by atoms with Crippen LogP contribution in [0.3, 0.4) is 0 Å². The molecule has 2 aromatic rings. The van der Waals surface area contributed by atoms with Crippen LogP contribution in [0.1, 0.15) is 49.7 Å². The van der Waals surface area contributed by atoms with Gasteiger partial charge in [-0.05, 0) is 75.1 Å². The molecular formula is C27H32N2O5. The van der Waals surface area contributed by atoms with Gasteiger partial charge in [-0.3, -0.25) is 9.69 Å². The highest BCUT2D eigenvalue weighted by Gasteiger charge is 2.46. The lowest BCUT2D eigenvalue weighted by molar-refractivity contribution is -0.135. The Bertz CT molecular complexity index is 1250. The summed E-state index contributed by atoms with van der Waals surface area (Å²) < 4.78 is 5.35. The summed E-state index contributed by atoms with van der Waals surface area (Å²) in [4.78, 5) is 31.1. The molecule has 1 amide bonds. The van der Waals surface area contributed by atoms with Gasteiger partial charge in [0.2, 0.25) is 11.7 Å². The molecule has 4 aliphatic rings. The number of nitrogens with zero attached hydrogens (tertiary/aromatic N) is 2. The first kappa shape index (κ1) is 21.7. The third-order valence-corrected chi connectivity index (χ3v) is 8.71. The molecule has 7 heteroatoms. The van der Waals surface area contributed by atoms with Crippen molar-refractivity contribution in [3.63, 3.8) is 0 Å². The van der Waals surface area contributed by atoms with E-state index in [0.717, 1.165) is 32.4 Å². The molecule has 7 nitrogen and oxygen atoms in total. The van der Waals surface area contributed by atoms with Crippen LogP contribution in [0.15, 0.2) is 33.0 Å². The molecular weight excluding hydrogens is 432 g/mol. The Morgan fingerprint density at radius 1 is 1.18 bits per heavy atom. The van der Waals surface area contributed by atoms with Crippen molar-refractivity contribution in [1.29, 1.82) is 0 Å². The number of fused-ring (bicyclic) bond motifs is 7. The minimum atomic E-state index is -0.635. The van der Waals surface area contributed by atoms with Crippen molar-refractivity contribution in [2.75, 3.05) is 19.6 Å². The largest absolute Gasteiger partial charge is 0.504 e. The fourth-order valence-corrected chi connectivity index (χ4v) is 7.14. The standard InChI is InChI=1S/C27H32N2O5/c1-15-19-7-8-22(30)25(32)26(19)34-27(33)20(15)13-23(31)29-10-4-5-16-11-17-12-18(24(16)29)14-28-9-3-2-6-21(17)28/h7-8,11,17-18,21,24,30,32H,2-6,9-10,12-14H2,1H3/t17-,18+,21+,24+/m0/s1. The van der Waals surface area contributed by atoms with E-state index >= 15 is 0 Å². The SMILES string of the molecule is Cc1c(CC(=O)N2CCCC3=C[C@H]4C[C@H](CN5CCCC[C@H]45)[C@@H]32)c(=O)oc2c(O)c(O)ccc12. The monoisotopic (exact) mass is 464 g/mol. The van der Waals surface area contributed by atoms with E-state index in [0.29, 0.717) is 34.4 Å². The Morgan fingerprint density at radius 2 is 2.03 bits per heavy atom. The summed E-state index contributed by atoms with van der Waals surface area (Å²) in [6.45, 7) is 4.72. The zero-order valence-corrected chi connectivity index (χ0v) is 19.6. The van der Waals surface area contributed by atoms with E-state index in [1.807, 2.05) is 4.90 Å². The van der Waals surface area contributed by atoms with Gasteiger partial charge in [0.05, 0.1) is 18.0 Å². The predicted molar refractivity (Wildman–Crippen MR) is 128 cm³/mol. The van der Waals surface area contributed by atoms with Crippen molar-refractivity contribution in [1.82, 2.24) is 9.80 Å². The molecule has 6 rings (SSSR count). The molecule has 3 fully saturated rings. The van der Waals surface area contributed by atoms with E-state index in [1.165, 1.54) is 37.4 Å². The van der Waals surface area contributed by atoms with Crippen LogP contribution in [0.25, 0.3) is 11.0 Å². The van der Waals surface area contributed by atoms with Gasteiger partial charge in [-0.1, -0.05) is 18.1 Å². The van der Waals surface area contributed by atoms with Gasteiger partial charge in [0, 0.05) is 24.5 Å². The lowest BCUT2D eigenvalue weighted by atomic mass is 9.68. The molecule has 4 heterocycles. The Hall–Kier alpha value is -2.80. The van der Waals surface area contributed by atoms with E-state index in [9.17, 15) is 19.8 Å². The van der Waals surface area contributed by atoms with Crippen molar-refractivity contribution in [2.24, 2.45) is 11.8 Å². The number of aryl methyl sites for hydroxylation is 1. The first-order valence-corrected chi connectivity index (χ1v) is 12.6. The van der Waals surface area contributed by atoms with Crippen molar-refractivity contribution in [3.8, 4) is 11.5 Å². The van der Waals surface area contributed by atoms with Crippen LogP contribution < -0.4 is 5.63 Å². The lowest BCUT2D eigenvalue weighted by Gasteiger charge is -2.54. The Balaban J connectivity index is 1.31. The summed E-state index contributed by atoms with van der Waals surface area (Å²) in [6, 6.07) is 3.78. The van der Waals surface area contributed by atoms with E-state index in [4.69, 9.17) is 4.42 Å². The number of likely N-dealkylation sites (tertiary alicyclic amines) is 1. The first-order chi connectivity index (χ1) is 16.4. The molecule has 3 aliphatic heterocycles. The number of phenols is 2. The van der Waals surface area contributed by atoms with Crippen LogP contribution >= 0.6 is 0 Å². The number of piperidine rings is 3. The molecule has 3 saturated heterocycles. The third kappa shape index (κ3) is 3.35. The minimum Gasteiger partial charge on any atom is -0.504 e. The first-order valence-electron chi connectivity index (χ1n) is 12.6. The number of hydrogen-bond acceptors (Lipinski definition) is 6. The van der Waals surface area contributed by atoms with Gasteiger partial charge >= 0.3 is 5.63 Å². The van der Waals surface area contributed by atoms with Crippen molar-refractivity contribution < 1.29 is 19.4 Å². The summed E-state index contributed by atoms with van der Waals surface area (Å²) in [5.41, 5.74) is 1.68. The topological polar surface area (TPSA) is 94.2 Å². The lowest BCUT2D eigenvalue weighted by Crippen LogP contribution is -2.60. The average molecular weight is 465 g/mol. The summed E-state index contributed by atoms with van der Waals surface area (Å²) >= 11 is 0. The highest BCUT2D eigenvalue weighted by Crippen LogP contribution is 2.45. The van der Waals surface area contributed by atoms with Crippen LogP contribution in [-0.4, -0.2) is 57.6 Å². The Labute approximate surface area is 198 Å². The van der Waals surface area contributed by atoms with Crippen LogP contribution in [-0.2, 0) is 11.2 Å². The van der Waals surface area contributed by atoms with E-state index in [1.54, 1.807) is 13.0 Å². The number of carbonyl (C=O) groups excluding carboxylic acids is 1. The number of phenolic OH excluding ortho intramolecular Hbond substituents is 2. The average Bonchev–Trinajstić information content (AvgIpc) is 2.84. The molecule has 0 spiro atoms. The van der Waals surface area contributed by atoms with Crippen LogP contribution in [0.5, 0.6) is 11.5 Å². The highest BCUT2D eigenvalue weighted by atomic mass is 16.4. The number of rotatable bonds is 2. The van der Waals surface area contributed by atoms with Gasteiger partial charge in [0.25, 0.3) is 0 Å². The maximum absolute atomic E-state index is 13.6. The molecule has 4 atom stereocenters. The van der Waals surface area contributed by atoms with Gasteiger partial charge in [-0.15, -0.1) is 0 Å². The Kier molecular flexibility index (Phi) is 5.21. The smallest absolute Gasteiger partial charge is 0.340 e. The fourth-order valence-electron chi connectivity index (χ4n) is 7.14. The number of hydrogen-bond donors (Lipinski definition) is 2. The second-order valence-electron chi connectivity index (χ2n) is 10.6. The van der Waals surface area contributed by atoms with Gasteiger partial charge < -0.3 is 19.5 Å². The van der Waals surface area contributed by atoms with Crippen molar-refractivity contribution in [2.45, 2.75) is 64.0 Å². The Morgan fingerprint density at radius 3 is 2.88 bits per heavy atom. The summed E-state index contributed by atoms with van der Waals surface area (Å²) in [5.74, 6) is 0.237. The summed E-state index contributed by atoms with van der Waals surface area (Å²) in [6.07, 6.45) is 9.53. The van der Waals surface area contributed by atoms with Crippen LogP contribution in [0.4, 0.5) is 0 Å². The van der Waals surface area contributed by atoms with Crippen molar-refractivity contribution in [3.05, 3.63) is 45.3 Å². The summed E-state index contributed by atoms with van der Waals surface area (Å²) in [7, 11) is 0. The third-order valence-electron chi connectivity index (χ3n) is 8.71. The van der Waals surface area contributed by atoms with Gasteiger partial charge in [-0.25, -0.2) is 4.79 Å². The van der Waals surface area contributed by atoms with Crippen molar-refractivity contribution >= 4 is 16.9 Å². The van der Waals surface area contributed by atoms with Gasteiger partial charge in [0.15, 0.2) is 11.3 Å². The molecule has 0 saturated carbocycles. The molecule has 1 aliphatic carbocycles. The van der Waals surface area contributed by atoms with Gasteiger partial charge in [0.1, 0.15) is 0 Å². The van der Waals surface area contributed by atoms with E-state index in [-0.39, 0.29) is 29.7 Å². The molecule has 2 N–H and O–H groups in total. The summed E-state index contributed by atoms with van der Waals surface area (Å²) in [5, 5.41) is 20.4. The number of amides is 1. The fraction of sp³-hybridized carbons (Fsp3) is 0.556. The maximum atomic E-state index is 13.6. The quantitative estimate of drug-likeness (QED) is 0.402. The molecule has 2 bridgehead atoms. The van der Waals surface area contributed by atoms with E-state index in [2.05, 4.69) is 11.0 Å². The second-order valence-corrected chi connectivity index (χ2v) is 10.6. The highest BCUT2D eigenvalue weighted by molar-refractivity contribution is 5.89.